The van der Waals surface area contributed by atoms with E-state index in [1.807, 2.05) is 46.0 Å². The molecule has 0 bridgehead atoms. The summed E-state index contributed by atoms with van der Waals surface area (Å²) >= 11 is 0. The molecular formula is C20H20N4O4S. The summed E-state index contributed by atoms with van der Waals surface area (Å²) in [6.07, 6.45) is 5.69. The number of amides is 1. The van der Waals surface area contributed by atoms with E-state index in [2.05, 4.69) is 11.1 Å². The molecule has 0 aliphatic heterocycles. The van der Waals surface area contributed by atoms with Gasteiger partial charge in [0.05, 0.1) is 18.9 Å². The highest BCUT2D eigenvalue weighted by molar-refractivity contribution is 7.89. The Kier molecular flexibility index (Phi) is 5.84. The van der Waals surface area contributed by atoms with E-state index in [0.29, 0.717) is 25.0 Å². The fraction of sp³-hybridized carbons (Fsp3) is 0.250. The van der Waals surface area contributed by atoms with Crippen molar-refractivity contribution >= 4 is 21.9 Å². The number of carbonyl (C=O) groups is 1. The molecular weight excluding hydrogens is 392 g/mol. The fourth-order valence-electron chi connectivity index (χ4n) is 2.93. The summed E-state index contributed by atoms with van der Waals surface area (Å²) in [5.41, 5.74) is 2.48. The Hall–Kier alpha value is -3.38. The highest BCUT2D eigenvalue weighted by atomic mass is 32.2. The van der Waals surface area contributed by atoms with Gasteiger partial charge < -0.3 is 4.42 Å². The third kappa shape index (κ3) is 5.12. The van der Waals surface area contributed by atoms with Gasteiger partial charge in [-0.25, -0.2) is 13.1 Å². The lowest BCUT2D eigenvalue weighted by Crippen LogP contribution is -2.30. The summed E-state index contributed by atoms with van der Waals surface area (Å²) < 4.78 is 30.4. The Bertz CT molecular complexity index is 1120. The number of nitriles is 1. The van der Waals surface area contributed by atoms with Gasteiger partial charge >= 0.3 is 6.01 Å². The monoisotopic (exact) mass is 412 g/mol. The number of allylic oxidation sites excluding steroid dienone is 4. The number of rotatable bonds is 6. The Balaban J connectivity index is 1.98. The molecule has 150 valence electrons. The van der Waals surface area contributed by atoms with Crippen molar-refractivity contribution in [2.24, 2.45) is 0 Å². The summed E-state index contributed by atoms with van der Waals surface area (Å²) in [4.78, 5) is 18.3. The molecule has 0 spiro atoms. The normalized spacial score (nSPS) is 13.8. The Morgan fingerprint density at radius 1 is 1.28 bits per heavy atom. The second-order valence-electron chi connectivity index (χ2n) is 6.64. The van der Waals surface area contributed by atoms with Crippen molar-refractivity contribution in [2.45, 2.75) is 26.3 Å². The van der Waals surface area contributed by atoms with Crippen molar-refractivity contribution in [3.8, 4) is 6.07 Å². The van der Waals surface area contributed by atoms with Crippen molar-refractivity contribution in [1.29, 1.82) is 5.26 Å². The minimum Gasteiger partial charge on any atom is -0.428 e. The summed E-state index contributed by atoms with van der Waals surface area (Å²) in [7, 11) is -3.72. The van der Waals surface area contributed by atoms with Gasteiger partial charge in [-0.15, -0.1) is 0 Å². The molecule has 0 unspecified atom stereocenters. The molecule has 1 amide bonds. The molecule has 0 saturated heterocycles. The fourth-order valence-corrected chi connectivity index (χ4v) is 3.36. The van der Waals surface area contributed by atoms with Crippen molar-refractivity contribution in [2.75, 3.05) is 11.2 Å². The molecule has 8 nitrogen and oxygen atoms in total. The van der Waals surface area contributed by atoms with Gasteiger partial charge in [-0.2, -0.15) is 10.2 Å². The second kappa shape index (κ2) is 8.32. The largest absolute Gasteiger partial charge is 0.428 e. The topological polar surface area (TPSA) is 116 Å². The Labute approximate surface area is 169 Å². The zero-order valence-corrected chi connectivity index (χ0v) is 16.9. The van der Waals surface area contributed by atoms with Crippen LogP contribution in [0.4, 0.5) is 6.01 Å². The van der Waals surface area contributed by atoms with Gasteiger partial charge in [0.15, 0.2) is 5.69 Å². The third-order valence-corrected chi connectivity index (χ3v) is 4.87. The molecule has 0 radical (unpaired) electrons. The van der Waals surface area contributed by atoms with Gasteiger partial charge in [-0.05, 0) is 37.5 Å². The number of benzene rings is 1. The smallest absolute Gasteiger partial charge is 0.302 e. The zero-order valence-electron chi connectivity index (χ0n) is 16.0. The van der Waals surface area contributed by atoms with E-state index in [4.69, 9.17) is 9.68 Å². The van der Waals surface area contributed by atoms with E-state index >= 15 is 0 Å². The van der Waals surface area contributed by atoms with E-state index in [1.165, 1.54) is 0 Å². The van der Waals surface area contributed by atoms with Crippen LogP contribution in [0.15, 0.2) is 58.2 Å². The van der Waals surface area contributed by atoms with Crippen LogP contribution in [0.3, 0.4) is 0 Å². The van der Waals surface area contributed by atoms with Gasteiger partial charge in [-0.1, -0.05) is 30.3 Å². The van der Waals surface area contributed by atoms with E-state index in [-0.39, 0.29) is 17.5 Å². The first kappa shape index (κ1) is 20.4. The molecule has 0 fully saturated rings. The number of aryl methyl sites for hydroxylation is 1. The average molecular weight is 412 g/mol. The standard InChI is InChI=1S/C20H20N4O4S/c1-14-18(19(25)23-29(2,26)27)22-20(28-14)24(13-16-6-4-3-5-7-16)17-10-8-15(12-21)9-11-17/h3-8,10H,9,11,13H2,1-2H3,(H,23,25). The number of oxazole rings is 1. The predicted octanol–water partition coefficient (Wildman–Crippen LogP) is 2.81. The van der Waals surface area contributed by atoms with Crippen LogP contribution < -0.4 is 9.62 Å². The van der Waals surface area contributed by atoms with Crippen molar-refractivity contribution in [1.82, 2.24) is 9.71 Å². The van der Waals surface area contributed by atoms with Crippen LogP contribution in [0.2, 0.25) is 0 Å². The molecule has 1 aromatic heterocycles. The van der Waals surface area contributed by atoms with Crippen LogP contribution in [0, 0.1) is 18.3 Å². The average Bonchev–Trinajstić information content (AvgIpc) is 3.07. The molecule has 9 heteroatoms. The molecule has 1 aliphatic rings. The van der Waals surface area contributed by atoms with Crippen LogP contribution in [-0.4, -0.2) is 25.6 Å². The lowest BCUT2D eigenvalue weighted by molar-refractivity contribution is 0.0976. The zero-order chi connectivity index (χ0) is 21.0. The molecule has 29 heavy (non-hydrogen) atoms. The maximum atomic E-state index is 12.2. The SMILES string of the molecule is Cc1oc(N(Cc2ccccc2)C2=CC=C(C#N)CC2)nc1C(=O)NS(C)(=O)=O. The van der Waals surface area contributed by atoms with Gasteiger partial charge in [0.2, 0.25) is 10.0 Å². The molecule has 3 rings (SSSR count). The van der Waals surface area contributed by atoms with E-state index in [1.54, 1.807) is 13.0 Å². The van der Waals surface area contributed by atoms with E-state index in [0.717, 1.165) is 17.5 Å². The summed E-state index contributed by atoms with van der Waals surface area (Å²) in [6.45, 7) is 1.99. The van der Waals surface area contributed by atoms with Crippen LogP contribution in [0.5, 0.6) is 0 Å². The van der Waals surface area contributed by atoms with Gasteiger partial charge in [0.1, 0.15) is 5.76 Å². The molecule has 1 heterocycles. The Morgan fingerprint density at radius 3 is 2.59 bits per heavy atom. The lowest BCUT2D eigenvalue weighted by atomic mass is 10.0. The minimum atomic E-state index is -3.72. The maximum absolute atomic E-state index is 12.2. The number of hydrogen-bond donors (Lipinski definition) is 1. The first-order valence-electron chi connectivity index (χ1n) is 8.87. The minimum absolute atomic E-state index is 0.0897. The number of sulfonamides is 1. The quantitative estimate of drug-likeness (QED) is 0.775. The van der Waals surface area contributed by atoms with E-state index < -0.39 is 15.9 Å². The predicted molar refractivity (Wildman–Crippen MR) is 107 cm³/mol. The first-order valence-corrected chi connectivity index (χ1v) is 10.8. The number of carbonyl (C=O) groups excluding carboxylic acids is 1. The van der Waals surface area contributed by atoms with E-state index in [9.17, 15) is 13.2 Å². The van der Waals surface area contributed by atoms with Crippen molar-refractivity contribution < 1.29 is 17.6 Å². The third-order valence-electron chi connectivity index (χ3n) is 4.31. The van der Waals surface area contributed by atoms with Gasteiger partial charge in [0.25, 0.3) is 5.91 Å². The highest BCUT2D eigenvalue weighted by Crippen LogP contribution is 2.29. The maximum Gasteiger partial charge on any atom is 0.302 e. The molecule has 1 aromatic carbocycles. The number of nitrogens with zero attached hydrogens (tertiary/aromatic N) is 3. The highest BCUT2D eigenvalue weighted by Gasteiger charge is 2.25. The number of hydrogen-bond acceptors (Lipinski definition) is 7. The molecule has 1 aliphatic carbocycles. The molecule has 2 aromatic rings. The number of nitrogens with one attached hydrogen (secondary N) is 1. The molecule has 0 saturated carbocycles. The van der Waals surface area contributed by atoms with Gasteiger partial charge in [0, 0.05) is 11.3 Å². The van der Waals surface area contributed by atoms with Crippen LogP contribution in [0.25, 0.3) is 0 Å². The first-order chi connectivity index (χ1) is 13.8. The Morgan fingerprint density at radius 2 is 2.00 bits per heavy atom. The van der Waals surface area contributed by atoms with Gasteiger partial charge in [-0.3, -0.25) is 9.69 Å². The summed E-state index contributed by atoms with van der Waals surface area (Å²) in [5, 5.41) is 9.08. The molecule has 0 atom stereocenters. The van der Waals surface area contributed by atoms with Crippen molar-refractivity contribution in [3.05, 3.63) is 70.8 Å². The summed E-state index contributed by atoms with van der Waals surface area (Å²) in [5.74, 6) is -0.632. The summed E-state index contributed by atoms with van der Waals surface area (Å²) in [6, 6.07) is 12.0. The van der Waals surface area contributed by atoms with Crippen LogP contribution >= 0.6 is 0 Å². The van der Waals surface area contributed by atoms with Crippen LogP contribution in [-0.2, 0) is 16.6 Å². The van der Waals surface area contributed by atoms with Crippen molar-refractivity contribution in [3.63, 3.8) is 0 Å². The van der Waals surface area contributed by atoms with Crippen LogP contribution in [0.1, 0.15) is 34.7 Å². The molecule has 1 N–H and O–H groups in total. The number of aromatic nitrogens is 1. The lowest BCUT2D eigenvalue weighted by Gasteiger charge is -2.25. The second-order valence-corrected chi connectivity index (χ2v) is 8.39. The number of anilines is 1.